The molecule has 0 heterocycles. The van der Waals surface area contributed by atoms with Crippen molar-refractivity contribution in [1.29, 1.82) is 0 Å². The normalized spacial score (nSPS) is 9.81. The molecule has 0 saturated carbocycles. The number of carbonyl (C=O) groups is 1. The van der Waals surface area contributed by atoms with E-state index in [1.54, 1.807) is 0 Å². The maximum atomic E-state index is 13.4. The van der Waals surface area contributed by atoms with Crippen molar-refractivity contribution >= 4 is 46.3 Å². The Kier molecular flexibility index (Phi) is 3.91. The number of fused-ring (bicyclic) bond motifs is 1. The molecule has 0 bridgehead atoms. The van der Waals surface area contributed by atoms with Crippen molar-refractivity contribution in [2.75, 3.05) is 0 Å². The molecule has 0 atom stereocenters. The molecule has 0 radical (unpaired) electrons. The molecular weight excluding hydrogens is 222 g/mol. The minimum atomic E-state index is -1.12. The van der Waals surface area contributed by atoms with Gasteiger partial charge in [-0.05, 0) is 23.6 Å². The summed E-state index contributed by atoms with van der Waals surface area (Å²) in [6.07, 6.45) is 0. The summed E-state index contributed by atoms with van der Waals surface area (Å²) >= 11 is 0. The van der Waals surface area contributed by atoms with Crippen LogP contribution in [0.25, 0.3) is 10.8 Å². The molecule has 0 aliphatic carbocycles. The summed E-state index contributed by atoms with van der Waals surface area (Å²) in [5, 5.41) is 18.4. The van der Waals surface area contributed by atoms with Crippen LogP contribution in [0.2, 0.25) is 0 Å². The fraction of sp³-hybridized carbons (Fsp3) is 0. The summed E-state index contributed by atoms with van der Waals surface area (Å²) < 4.78 is 13.4. The van der Waals surface area contributed by atoms with Crippen LogP contribution in [-0.2, 0) is 0 Å². The van der Waals surface area contributed by atoms with Crippen LogP contribution in [0.5, 0.6) is 5.75 Å². The van der Waals surface area contributed by atoms with Gasteiger partial charge in [-0.2, -0.15) is 0 Å². The number of phenols is 1. The molecule has 0 spiro atoms. The van der Waals surface area contributed by atoms with Gasteiger partial charge in [-0.25, -0.2) is 9.18 Å². The Hall–Kier alpha value is -1.10. The summed E-state index contributed by atoms with van der Waals surface area (Å²) in [6.45, 7) is 0. The van der Waals surface area contributed by atoms with E-state index < -0.39 is 17.5 Å². The number of hydrogen-bond acceptors (Lipinski definition) is 2. The molecular formula is C11H8FNaO3. The summed E-state index contributed by atoms with van der Waals surface area (Å²) in [4.78, 5) is 10.8. The van der Waals surface area contributed by atoms with E-state index in [0.717, 1.165) is 6.07 Å². The molecule has 0 saturated heterocycles. The number of halogens is 1. The second-order valence-corrected chi connectivity index (χ2v) is 3.10. The third kappa shape index (κ3) is 2.04. The molecule has 2 rings (SSSR count). The van der Waals surface area contributed by atoms with Gasteiger partial charge >= 0.3 is 35.5 Å². The Labute approximate surface area is 113 Å². The third-order valence-electron chi connectivity index (χ3n) is 2.21. The average molecular weight is 230 g/mol. The van der Waals surface area contributed by atoms with E-state index in [-0.39, 0.29) is 45.9 Å². The Morgan fingerprint density at radius 1 is 1.12 bits per heavy atom. The number of hydrogen-bond donors (Lipinski definition) is 2. The summed E-state index contributed by atoms with van der Waals surface area (Å²) in [5.41, 5.74) is 0.0198. The van der Waals surface area contributed by atoms with Crippen molar-refractivity contribution in [1.82, 2.24) is 0 Å². The van der Waals surface area contributed by atoms with Gasteiger partial charge in [-0.3, -0.25) is 0 Å². The van der Waals surface area contributed by atoms with Gasteiger partial charge in [0.05, 0.1) is 5.56 Å². The maximum absolute atomic E-state index is 13.4. The predicted octanol–water partition coefficient (Wildman–Crippen LogP) is 1.73. The van der Waals surface area contributed by atoms with Gasteiger partial charge in [0, 0.05) is 5.39 Å². The summed E-state index contributed by atoms with van der Waals surface area (Å²) in [7, 11) is 0. The molecule has 78 valence electrons. The Balaban J connectivity index is 0.00000128. The first-order valence-electron chi connectivity index (χ1n) is 4.25. The fourth-order valence-corrected chi connectivity index (χ4v) is 1.50. The minimum absolute atomic E-state index is 0. The van der Waals surface area contributed by atoms with Gasteiger partial charge in [0.1, 0.15) is 0 Å². The van der Waals surface area contributed by atoms with Crippen molar-refractivity contribution in [3.05, 3.63) is 41.7 Å². The van der Waals surface area contributed by atoms with Crippen molar-refractivity contribution in [2.45, 2.75) is 0 Å². The van der Waals surface area contributed by atoms with Crippen molar-refractivity contribution in [2.24, 2.45) is 0 Å². The Morgan fingerprint density at radius 2 is 1.81 bits per heavy atom. The number of aromatic carboxylic acids is 1. The standard InChI is InChI=1S/C11H7FO3.Na.H/c12-10-7-2-1-3-8(11(14)15)6(7)4-5-9(10)13;;/h1-5,13H,(H,14,15);;. The molecule has 16 heavy (non-hydrogen) atoms. The van der Waals surface area contributed by atoms with E-state index in [0.29, 0.717) is 0 Å². The molecule has 3 nitrogen and oxygen atoms in total. The van der Waals surface area contributed by atoms with Crippen LogP contribution in [0, 0.1) is 5.82 Å². The van der Waals surface area contributed by atoms with E-state index >= 15 is 0 Å². The number of carboxylic acid groups (broad SMARTS) is 1. The Bertz CT molecular complexity index is 554. The number of benzene rings is 2. The Morgan fingerprint density at radius 3 is 2.44 bits per heavy atom. The van der Waals surface area contributed by atoms with Gasteiger partial charge in [0.2, 0.25) is 0 Å². The SMILES string of the molecule is O=C(O)c1cccc2c(F)c(O)ccc12.[NaH]. The zero-order valence-electron chi connectivity index (χ0n) is 7.57. The van der Waals surface area contributed by atoms with Crippen molar-refractivity contribution in [3.8, 4) is 5.75 Å². The van der Waals surface area contributed by atoms with E-state index in [2.05, 4.69) is 0 Å². The second-order valence-electron chi connectivity index (χ2n) is 3.10. The number of rotatable bonds is 1. The molecule has 0 aromatic heterocycles. The molecule has 0 aliphatic heterocycles. The average Bonchev–Trinajstić information content (AvgIpc) is 2.23. The quantitative estimate of drug-likeness (QED) is 0.733. The fourth-order valence-electron chi connectivity index (χ4n) is 1.50. The number of phenolic OH excluding ortho intramolecular Hbond substituents is 1. The first-order valence-corrected chi connectivity index (χ1v) is 4.25. The molecule has 0 aliphatic rings. The first kappa shape index (κ1) is 13.0. The molecule has 2 aromatic carbocycles. The van der Waals surface area contributed by atoms with E-state index in [1.807, 2.05) is 0 Å². The van der Waals surface area contributed by atoms with Crippen LogP contribution in [0.1, 0.15) is 10.4 Å². The van der Waals surface area contributed by atoms with Crippen LogP contribution >= 0.6 is 0 Å². The second kappa shape index (κ2) is 4.82. The van der Waals surface area contributed by atoms with Crippen LogP contribution in [0.3, 0.4) is 0 Å². The van der Waals surface area contributed by atoms with Gasteiger partial charge in [-0.1, -0.05) is 12.1 Å². The van der Waals surface area contributed by atoms with E-state index in [1.165, 1.54) is 24.3 Å². The van der Waals surface area contributed by atoms with Gasteiger partial charge in [0.25, 0.3) is 0 Å². The predicted molar refractivity (Wildman–Crippen MR) is 59.7 cm³/mol. The summed E-state index contributed by atoms with van der Waals surface area (Å²) in [6, 6.07) is 6.79. The van der Waals surface area contributed by atoms with Gasteiger partial charge < -0.3 is 10.2 Å². The topological polar surface area (TPSA) is 57.5 Å². The van der Waals surface area contributed by atoms with Crippen LogP contribution in [-0.4, -0.2) is 45.7 Å². The molecule has 0 amide bonds. The van der Waals surface area contributed by atoms with Crippen LogP contribution in [0.15, 0.2) is 30.3 Å². The monoisotopic (exact) mass is 230 g/mol. The molecule has 2 N–H and O–H groups in total. The molecule has 0 fully saturated rings. The third-order valence-corrected chi connectivity index (χ3v) is 2.21. The molecule has 0 unspecified atom stereocenters. The van der Waals surface area contributed by atoms with Gasteiger partial charge in [-0.15, -0.1) is 0 Å². The summed E-state index contributed by atoms with van der Waals surface area (Å²) in [5.74, 6) is -2.40. The number of aromatic hydroxyl groups is 1. The first-order chi connectivity index (χ1) is 7.11. The van der Waals surface area contributed by atoms with E-state index in [4.69, 9.17) is 10.2 Å². The zero-order chi connectivity index (χ0) is 11.0. The van der Waals surface area contributed by atoms with Crippen LogP contribution in [0.4, 0.5) is 4.39 Å². The van der Waals surface area contributed by atoms with Gasteiger partial charge in [0.15, 0.2) is 11.6 Å². The van der Waals surface area contributed by atoms with E-state index in [9.17, 15) is 9.18 Å². The number of carboxylic acids is 1. The van der Waals surface area contributed by atoms with Crippen molar-refractivity contribution < 1.29 is 19.4 Å². The van der Waals surface area contributed by atoms with Crippen LogP contribution < -0.4 is 0 Å². The van der Waals surface area contributed by atoms with Crippen molar-refractivity contribution in [3.63, 3.8) is 0 Å². The molecule has 5 heteroatoms. The zero-order valence-corrected chi connectivity index (χ0v) is 7.57. The molecule has 2 aromatic rings.